The minimum absolute atomic E-state index is 0.0304. The van der Waals surface area contributed by atoms with Crippen molar-refractivity contribution in [2.24, 2.45) is 0 Å². The van der Waals surface area contributed by atoms with Gasteiger partial charge in [0.2, 0.25) is 0 Å². The van der Waals surface area contributed by atoms with Gasteiger partial charge in [-0.3, -0.25) is 0 Å². The van der Waals surface area contributed by atoms with E-state index in [4.69, 9.17) is 11.6 Å². The molecule has 1 aromatic carbocycles. The molecule has 0 radical (unpaired) electrons. The molecular weight excluding hydrogens is 315 g/mol. The lowest BCUT2D eigenvalue weighted by molar-refractivity contribution is 0.229. The third-order valence-electron chi connectivity index (χ3n) is 3.18. The van der Waals surface area contributed by atoms with Crippen LogP contribution in [0.3, 0.4) is 0 Å². The summed E-state index contributed by atoms with van der Waals surface area (Å²) < 4.78 is 13.8. The first kappa shape index (κ1) is 18.1. The molecule has 21 heavy (non-hydrogen) atoms. The van der Waals surface area contributed by atoms with Gasteiger partial charge < -0.3 is 15.7 Å². The zero-order valence-electron chi connectivity index (χ0n) is 12.2. The van der Waals surface area contributed by atoms with Crippen LogP contribution in [-0.4, -0.2) is 35.3 Å². The Labute approximate surface area is 133 Å². The molecule has 0 saturated carbocycles. The summed E-state index contributed by atoms with van der Waals surface area (Å²) in [5.74, 6) is -0.458. The second-order valence-corrected chi connectivity index (χ2v) is 6.20. The first-order chi connectivity index (χ1) is 9.90. The molecular formula is C14H20ClFN2O2S. The Bertz CT molecular complexity index is 466. The Kier molecular flexibility index (Phi) is 7.28. The van der Waals surface area contributed by atoms with E-state index in [0.29, 0.717) is 0 Å². The summed E-state index contributed by atoms with van der Waals surface area (Å²) in [7, 11) is 0. The Morgan fingerprint density at radius 3 is 2.62 bits per heavy atom. The summed E-state index contributed by atoms with van der Waals surface area (Å²) in [6.07, 6.45) is 1.86. The smallest absolute Gasteiger partial charge is 0.315 e. The monoisotopic (exact) mass is 334 g/mol. The molecule has 0 fully saturated rings. The number of nitrogens with one attached hydrogen (secondary N) is 2. The number of thioether (sulfide) groups is 1. The molecule has 0 spiro atoms. The molecule has 0 aromatic heterocycles. The lowest BCUT2D eigenvalue weighted by Crippen LogP contribution is -2.46. The van der Waals surface area contributed by atoms with Gasteiger partial charge in [0, 0.05) is 21.9 Å². The molecule has 0 aliphatic carbocycles. The summed E-state index contributed by atoms with van der Waals surface area (Å²) in [6.45, 7) is 3.43. The number of aliphatic hydroxyl groups excluding tert-OH is 1. The fourth-order valence-electron chi connectivity index (χ4n) is 1.97. The molecule has 0 bridgehead atoms. The predicted octanol–water partition coefficient (Wildman–Crippen LogP) is 2.95. The van der Waals surface area contributed by atoms with Crippen LogP contribution in [0.1, 0.15) is 25.5 Å². The lowest BCUT2D eigenvalue weighted by Gasteiger charge is -2.23. The highest BCUT2D eigenvalue weighted by atomic mass is 35.5. The molecule has 1 rings (SSSR count). The van der Waals surface area contributed by atoms with Crippen LogP contribution in [0.15, 0.2) is 18.2 Å². The first-order valence-electron chi connectivity index (χ1n) is 6.55. The van der Waals surface area contributed by atoms with Crippen molar-refractivity contribution in [3.8, 4) is 0 Å². The van der Waals surface area contributed by atoms with Crippen LogP contribution in [-0.2, 0) is 0 Å². The zero-order valence-corrected chi connectivity index (χ0v) is 13.8. The van der Waals surface area contributed by atoms with E-state index in [-0.39, 0.29) is 28.5 Å². The minimum Gasteiger partial charge on any atom is -0.395 e. The van der Waals surface area contributed by atoms with Crippen molar-refractivity contribution < 1.29 is 14.3 Å². The quantitative estimate of drug-likeness (QED) is 0.749. The van der Waals surface area contributed by atoms with Gasteiger partial charge in [0.25, 0.3) is 0 Å². The van der Waals surface area contributed by atoms with Gasteiger partial charge in [0.05, 0.1) is 12.6 Å². The van der Waals surface area contributed by atoms with Gasteiger partial charge in [-0.05, 0) is 32.2 Å². The van der Waals surface area contributed by atoms with Crippen LogP contribution in [0.5, 0.6) is 0 Å². The van der Waals surface area contributed by atoms with Gasteiger partial charge in [0.1, 0.15) is 5.82 Å². The second-order valence-electron chi connectivity index (χ2n) is 4.72. The number of urea groups is 1. The van der Waals surface area contributed by atoms with E-state index < -0.39 is 17.9 Å². The van der Waals surface area contributed by atoms with Gasteiger partial charge in [-0.1, -0.05) is 17.7 Å². The van der Waals surface area contributed by atoms with Crippen molar-refractivity contribution in [3.05, 3.63) is 34.6 Å². The van der Waals surface area contributed by atoms with Crippen LogP contribution in [0.25, 0.3) is 0 Å². The highest BCUT2D eigenvalue weighted by Crippen LogP contribution is 2.25. The Morgan fingerprint density at radius 1 is 1.43 bits per heavy atom. The molecule has 0 aliphatic rings. The normalized spacial score (nSPS) is 15.1. The van der Waals surface area contributed by atoms with E-state index in [9.17, 15) is 14.3 Å². The topological polar surface area (TPSA) is 61.4 Å². The maximum absolute atomic E-state index is 13.8. The maximum atomic E-state index is 13.8. The van der Waals surface area contributed by atoms with Crippen molar-refractivity contribution in [3.63, 3.8) is 0 Å². The highest BCUT2D eigenvalue weighted by molar-refractivity contribution is 7.99. The van der Waals surface area contributed by atoms with Crippen LogP contribution < -0.4 is 10.6 Å². The number of carbonyl (C=O) groups is 1. The van der Waals surface area contributed by atoms with Gasteiger partial charge >= 0.3 is 6.03 Å². The van der Waals surface area contributed by atoms with E-state index in [1.165, 1.54) is 23.9 Å². The number of halogens is 2. The van der Waals surface area contributed by atoms with E-state index in [1.807, 2.05) is 6.26 Å². The number of rotatable bonds is 6. The molecule has 4 nitrogen and oxygen atoms in total. The first-order valence-corrected chi connectivity index (χ1v) is 8.21. The van der Waals surface area contributed by atoms with Gasteiger partial charge in [0.15, 0.2) is 0 Å². The third-order valence-corrected chi connectivity index (χ3v) is 4.67. The van der Waals surface area contributed by atoms with Gasteiger partial charge in [-0.25, -0.2) is 9.18 Å². The number of hydrogen-bond acceptors (Lipinski definition) is 3. The third kappa shape index (κ3) is 5.05. The molecule has 0 aliphatic heterocycles. The van der Waals surface area contributed by atoms with Crippen molar-refractivity contribution in [2.75, 3.05) is 12.9 Å². The van der Waals surface area contributed by atoms with Gasteiger partial charge in [-0.2, -0.15) is 11.8 Å². The lowest BCUT2D eigenvalue weighted by atomic mass is 10.1. The Balaban J connectivity index is 2.66. The molecule has 0 saturated heterocycles. The molecule has 3 N–H and O–H groups in total. The predicted molar refractivity (Wildman–Crippen MR) is 85.3 cm³/mol. The molecule has 2 amide bonds. The Morgan fingerprint density at radius 2 is 2.10 bits per heavy atom. The molecule has 7 heteroatoms. The second kappa shape index (κ2) is 8.46. The summed E-state index contributed by atoms with van der Waals surface area (Å²) in [4.78, 5) is 11.9. The van der Waals surface area contributed by atoms with Crippen LogP contribution in [0.4, 0.5) is 9.18 Å². The molecule has 0 heterocycles. The van der Waals surface area contributed by atoms with Crippen LogP contribution >= 0.6 is 23.4 Å². The van der Waals surface area contributed by atoms with E-state index >= 15 is 0 Å². The number of hydrogen-bond donors (Lipinski definition) is 3. The molecule has 118 valence electrons. The Hall–Kier alpha value is -0.980. The number of aliphatic hydroxyl groups is 1. The van der Waals surface area contributed by atoms with Crippen molar-refractivity contribution in [2.45, 2.75) is 31.2 Å². The summed E-state index contributed by atoms with van der Waals surface area (Å²) in [5.41, 5.74) is 0.255. The minimum atomic E-state index is -0.562. The fourth-order valence-corrected chi connectivity index (χ4v) is 2.92. The van der Waals surface area contributed by atoms with Crippen LogP contribution in [0, 0.1) is 5.82 Å². The molecule has 3 unspecified atom stereocenters. The standard InChI is InChI=1S/C14H20ClFN2O2S/c1-8(12(7-19)21-3)17-14(20)18-9(2)13-10(15)5-4-6-11(13)16/h4-6,8-9,12,19H,7H2,1-3H3,(H2,17,18,20). The SMILES string of the molecule is CSC(CO)C(C)NC(=O)NC(C)c1c(F)cccc1Cl. The largest absolute Gasteiger partial charge is 0.395 e. The summed E-state index contributed by atoms with van der Waals surface area (Å²) >= 11 is 7.43. The maximum Gasteiger partial charge on any atom is 0.315 e. The highest BCUT2D eigenvalue weighted by Gasteiger charge is 2.20. The fraction of sp³-hybridized carbons (Fsp3) is 0.500. The number of benzene rings is 1. The number of carbonyl (C=O) groups excluding carboxylic acids is 1. The zero-order chi connectivity index (χ0) is 16.0. The van der Waals surface area contributed by atoms with E-state index in [1.54, 1.807) is 19.9 Å². The summed E-state index contributed by atoms with van der Waals surface area (Å²) in [5, 5.41) is 14.7. The van der Waals surface area contributed by atoms with E-state index in [2.05, 4.69) is 10.6 Å². The summed E-state index contributed by atoms with van der Waals surface area (Å²) in [6, 6.07) is 3.19. The average molecular weight is 335 g/mol. The number of amides is 2. The van der Waals surface area contributed by atoms with Crippen LogP contribution in [0.2, 0.25) is 5.02 Å². The molecule has 1 aromatic rings. The van der Waals surface area contributed by atoms with Crippen molar-refractivity contribution >= 4 is 29.4 Å². The van der Waals surface area contributed by atoms with Crippen molar-refractivity contribution in [1.29, 1.82) is 0 Å². The molecule has 3 atom stereocenters. The average Bonchev–Trinajstić information content (AvgIpc) is 2.39. The van der Waals surface area contributed by atoms with Gasteiger partial charge in [-0.15, -0.1) is 0 Å². The van der Waals surface area contributed by atoms with Crippen molar-refractivity contribution in [1.82, 2.24) is 10.6 Å². The van der Waals surface area contributed by atoms with E-state index in [0.717, 1.165) is 0 Å².